The van der Waals surface area contributed by atoms with Gasteiger partial charge in [-0.05, 0) is 29.8 Å². The molecular formula is C17H14N4O2. The number of aromatic amines is 1. The number of nitrogens with one attached hydrogen (secondary N) is 2. The number of nitrogens with two attached hydrogens (primary N) is 1. The summed E-state index contributed by atoms with van der Waals surface area (Å²) in [6.45, 7) is 3.43. The van der Waals surface area contributed by atoms with Crippen LogP contribution >= 0.6 is 0 Å². The van der Waals surface area contributed by atoms with Crippen LogP contribution in [0.25, 0.3) is 22.2 Å². The molecule has 23 heavy (non-hydrogen) atoms. The maximum Gasteiger partial charge on any atom is 0.250 e. The van der Waals surface area contributed by atoms with E-state index in [0.29, 0.717) is 16.9 Å². The summed E-state index contributed by atoms with van der Waals surface area (Å²) in [5, 5.41) is 3.50. The van der Waals surface area contributed by atoms with Crippen molar-refractivity contribution in [2.75, 3.05) is 5.32 Å². The summed E-state index contributed by atoms with van der Waals surface area (Å²) < 4.78 is 0. The molecule has 0 atom stereocenters. The van der Waals surface area contributed by atoms with Gasteiger partial charge in [-0.1, -0.05) is 18.7 Å². The molecule has 2 heterocycles. The Labute approximate surface area is 132 Å². The minimum absolute atomic E-state index is 0.279. The fourth-order valence-electron chi connectivity index (χ4n) is 2.33. The Morgan fingerprint density at radius 2 is 2.13 bits per heavy atom. The lowest BCUT2D eigenvalue weighted by atomic mass is 10.0. The Hall–Kier alpha value is -3.41. The van der Waals surface area contributed by atoms with Gasteiger partial charge in [-0.15, -0.1) is 0 Å². The highest BCUT2D eigenvalue weighted by atomic mass is 16.1. The van der Waals surface area contributed by atoms with Crippen molar-refractivity contribution in [1.82, 2.24) is 9.97 Å². The molecule has 1 aromatic carbocycles. The summed E-state index contributed by atoms with van der Waals surface area (Å²) in [5.41, 5.74) is 8.71. The summed E-state index contributed by atoms with van der Waals surface area (Å²) in [6.07, 6.45) is 4.45. The fraction of sp³-hybridized carbons (Fsp3) is 0. The van der Waals surface area contributed by atoms with E-state index in [4.69, 9.17) is 5.73 Å². The Morgan fingerprint density at radius 1 is 1.30 bits per heavy atom. The number of hydrogen-bond donors (Lipinski definition) is 3. The zero-order chi connectivity index (χ0) is 16.4. The first-order chi connectivity index (χ1) is 11.1. The number of rotatable bonds is 4. The van der Waals surface area contributed by atoms with Crippen molar-refractivity contribution >= 4 is 28.5 Å². The molecule has 6 nitrogen and oxygen atoms in total. The lowest BCUT2D eigenvalue weighted by Crippen LogP contribution is -2.10. The number of nitrogens with zero attached hydrogens (tertiary/aromatic N) is 1. The minimum Gasteiger partial charge on any atom is -0.366 e. The fourth-order valence-corrected chi connectivity index (χ4v) is 2.33. The van der Waals surface area contributed by atoms with Gasteiger partial charge in [0.05, 0.1) is 5.56 Å². The van der Waals surface area contributed by atoms with Gasteiger partial charge in [-0.25, -0.2) is 4.98 Å². The maximum atomic E-state index is 11.4. The van der Waals surface area contributed by atoms with Crippen molar-refractivity contribution < 1.29 is 9.59 Å². The first kappa shape index (κ1) is 14.5. The van der Waals surface area contributed by atoms with Gasteiger partial charge in [0.1, 0.15) is 5.65 Å². The smallest absolute Gasteiger partial charge is 0.250 e. The molecule has 0 aliphatic rings. The van der Waals surface area contributed by atoms with Gasteiger partial charge < -0.3 is 16.0 Å². The Bertz CT molecular complexity index is 927. The second-order valence-electron chi connectivity index (χ2n) is 4.96. The molecule has 0 fully saturated rings. The Kier molecular flexibility index (Phi) is 3.64. The third-order valence-corrected chi connectivity index (χ3v) is 3.44. The maximum absolute atomic E-state index is 11.4. The van der Waals surface area contributed by atoms with Gasteiger partial charge in [-0.3, -0.25) is 9.59 Å². The molecular weight excluding hydrogens is 292 g/mol. The third kappa shape index (κ3) is 2.82. The van der Waals surface area contributed by atoms with Crippen molar-refractivity contribution in [3.8, 4) is 11.1 Å². The Morgan fingerprint density at radius 3 is 2.87 bits per heavy atom. The second kappa shape index (κ2) is 5.76. The molecule has 2 aromatic heterocycles. The molecule has 114 valence electrons. The lowest BCUT2D eigenvalue weighted by molar-refractivity contribution is -0.111. The van der Waals surface area contributed by atoms with Crippen molar-refractivity contribution in [2.24, 2.45) is 5.73 Å². The van der Waals surface area contributed by atoms with E-state index in [0.717, 1.165) is 16.5 Å². The number of benzene rings is 1. The number of pyridine rings is 1. The van der Waals surface area contributed by atoms with Crippen molar-refractivity contribution in [1.29, 1.82) is 0 Å². The molecule has 3 rings (SSSR count). The zero-order valence-electron chi connectivity index (χ0n) is 12.2. The van der Waals surface area contributed by atoms with Gasteiger partial charge in [0.2, 0.25) is 11.8 Å². The molecule has 0 radical (unpaired) electrons. The van der Waals surface area contributed by atoms with Gasteiger partial charge in [0, 0.05) is 29.0 Å². The number of hydrogen-bond acceptors (Lipinski definition) is 3. The van der Waals surface area contributed by atoms with E-state index in [2.05, 4.69) is 21.9 Å². The van der Waals surface area contributed by atoms with Crippen LogP contribution in [-0.2, 0) is 4.79 Å². The highest BCUT2D eigenvalue weighted by Gasteiger charge is 2.11. The van der Waals surface area contributed by atoms with Crippen LogP contribution in [0.5, 0.6) is 0 Å². The van der Waals surface area contributed by atoms with E-state index in [1.807, 2.05) is 18.2 Å². The van der Waals surface area contributed by atoms with E-state index in [1.165, 1.54) is 12.3 Å². The predicted octanol–water partition coefficient (Wildman–Crippen LogP) is 2.45. The van der Waals surface area contributed by atoms with Crippen LogP contribution in [0.15, 0.2) is 55.4 Å². The van der Waals surface area contributed by atoms with Gasteiger partial charge in [-0.2, -0.15) is 0 Å². The largest absolute Gasteiger partial charge is 0.366 e. The standard InChI is InChI=1S/C17H14N4O2/c1-2-15(22)21-12-5-3-4-10(6-12)14-9-20-17-13(14)7-11(8-19-17)16(18)23/h2-9H,1H2,(H2,18,23)(H,19,20)(H,21,22). The normalized spacial score (nSPS) is 10.4. The molecule has 3 aromatic rings. The summed E-state index contributed by atoms with van der Waals surface area (Å²) in [5.74, 6) is -0.808. The molecule has 6 heteroatoms. The van der Waals surface area contributed by atoms with Crippen molar-refractivity contribution in [3.05, 3.63) is 60.9 Å². The van der Waals surface area contributed by atoms with Crippen LogP contribution < -0.4 is 11.1 Å². The monoisotopic (exact) mass is 306 g/mol. The number of carbonyl (C=O) groups excluding carboxylic acids is 2. The zero-order valence-corrected chi connectivity index (χ0v) is 12.2. The summed E-state index contributed by atoms with van der Waals surface area (Å²) in [6, 6.07) is 9.06. The van der Waals surface area contributed by atoms with E-state index >= 15 is 0 Å². The number of aromatic nitrogens is 2. The van der Waals surface area contributed by atoms with Crippen LogP contribution in [0.3, 0.4) is 0 Å². The minimum atomic E-state index is -0.529. The quantitative estimate of drug-likeness (QED) is 0.645. The molecule has 0 aliphatic carbocycles. The highest BCUT2D eigenvalue weighted by Crippen LogP contribution is 2.29. The second-order valence-corrected chi connectivity index (χ2v) is 4.96. The third-order valence-electron chi connectivity index (χ3n) is 3.44. The number of anilines is 1. The SMILES string of the molecule is C=CC(=O)Nc1cccc(-c2c[nH]c3ncc(C(N)=O)cc23)c1. The summed E-state index contributed by atoms with van der Waals surface area (Å²) in [4.78, 5) is 30.0. The Balaban J connectivity index is 2.07. The van der Waals surface area contributed by atoms with E-state index < -0.39 is 5.91 Å². The van der Waals surface area contributed by atoms with Gasteiger partial charge in [0.15, 0.2) is 0 Å². The highest BCUT2D eigenvalue weighted by molar-refractivity contribution is 6.02. The first-order valence-corrected chi connectivity index (χ1v) is 6.89. The summed E-state index contributed by atoms with van der Waals surface area (Å²) >= 11 is 0. The van der Waals surface area contributed by atoms with Crippen LogP contribution in [0.2, 0.25) is 0 Å². The lowest BCUT2D eigenvalue weighted by Gasteiger charge is -2.05. The molecule has 0 unspecified atom stereocenters. The number of fused-ring (bicyclic) bond motifs is 1. The van der Waals surface area contributed by atoms with Crippen LogP contribution in [0.4, 0.5) is 5.69 Å². The predicted molar refractivity (Wildman–Crippen MR) is 88.9 cm³/mol. The van der Waals surface area contributed by atoms with Crippen LogP contribution in [0, 0.1) is 0 Å². The topological polar surface area (TPSA) is 101 Å². The molecule has 0 bridgehead atoms. The number of amides is 2. The van der Waals surface area contributed by atoms with Crippen molar-refractivity contribution in [2.45, 2.75) is 0 Å². The molecule has 0 spiro atoms. The van der Waals surface area contributed by atoms with Gasteiger partial charge >= 0.3 is 0 Å². The van der Waals surface area contributed by atoms with Gasteiger partial charge in [0.25, 0.3) is 0 Å². The van der Waals surface area contributed by atoms with E-state index in [1.54, 1.807) is 18.3 Å². The average molecular weight is 306 g/mol. The van der Waals surface area contributed by atoms with Crippen molar-refractivity contribution in [3.63, 3.8) is 0 Å². The number of H-pyrrole nitrogens is 1. The average Bonchev–Trinajstić information content (AvgIpc) is 2.98. The molecule has 0 saturated carbocycles. The molecule has 0 aliphatic heterocycles. The number of primary amides is 1. The molecule has 4 N–H and O–H groups in total. The van der Waals surface area contributed by atoms with E-state index in [9.17, 15) is 9.59 Å². The molecule has 0 saturated heterocycles. The van der Waals surface area contributed by atoms with E-state index in [-0.39, 0.29) is 5.91 Å². The molecule has 2 amide bonds. The summed E-state index contributed by atoms with van der Waals surface area (Å²) in [7, 11) is 0. The first-order valence-electron chi connectivity index (χ1n) is 6.89. The number of carbonyl (C=O) groups is 2. The van der Waals surface area contributed by atoms with Crippen LogP contribution in [-0.4, -0.2) is 21.8 Å². The van der Waals surface area contributed by atoms with Crippen LogP contribution in [0.1, 0.15) is 10.4 Å².